The van der Waals surface area contributed by atoms with Gasteiger partial charge in [-0.15, -0.1) is 0 Å². The fourth-order valence-electron chi connectivity index (χ4n) is 5.68. The van der Waals surface area contributed by atoms with E-state index in [0.29, 0.717) is 37.0 Å². The van der Waals surface area contributed by atoms with Crippen molar-refractivity contribution in [2.24, 2.45) is 17.6 Å². The molecule has 0 unspecified atom stereocenters. The molecule has 1 saturated carbocycles. The van der Waals surface area contributed by atoms with Gasteiger partial charge >= 0.3 is 6.18 Å². The van der Waals surface area contributed by atoms with E-state index in [1.54, 1.807) is 4.52 Å². The number of halogens is 3. The summed E-state index contributed by atoms with van der Waals surface area (Å²) in [6.07, 6.45) is 3.38. The number of hydrogen-bond donors (Lipinski definition) is 2. The molecule has 1 amide bonds. The predicted molar refractivity (Wildman–Crippen MR) is 122 cm³/mol. The summed E-state index contributed by atoms with van der Waals surface area (Å²) in [6, 6.07) is -1.82. The highest BCUT2D eigenvalue weighted by Crippen LogP contribution is 2.35. The monoisotopic (exact) mass is 494 g/mol. The number of amides is 1. The van der Waals surface area contributed by atoms with Crippen molar-refractivity contribution in [2.75, 3.05) is 13.2 Å². The molecular weight excluding hydrogens is 461 g/mol. The molecule has 0 radical (unpaired) electrons. The topological polar surface area (TPSA) is 107 Å². The van der Waals surface area contributed by atoms with Gasteiger partial charge in [-0.3, -0.25) is 4.79 Å². The minimum absolute atomic E-state index is 0.0694. The van der Waals surface area contributed by atoms with Crippen LogP contribution >= 0.6 is 0 Å². The zero-order valence-corrected chi connectivity index (χ0v) is 20.0. The van der Waals surface area contributed by atoms with Gasteiger partial charge in [0.1, 0.15) is 6.04 Å². The molecule has 5 rings (SSSR count). The number of imidazole rings is 1. The highest BCUT2D eigenvalue weighted by atomic mass is 19.4. The van der Waals surface area contributed by atoms with Crippen molar-refractivity contribution in [1.82, 2.24) is 24.9 Å². The van der Waals surface area contributed by atoms with Gasteiger partial charge < -0.3 is 15.8 Å². The van der Waals surface area contributed by atoms with Crippen LogP contribution in [0.1, 0.15) is 74.9 Å². The summed E-state index contributed by atoms with van der Waals surface area (Å²) < 4.78 is 46.7. The molecule has 2 saturated heterocycles. The van der Waals surface area contributed by atoms with Gasteiger partial charge in [0.15, 0.2) is 0 Å². The third-order valence-electron chi connectivity index (χ3n) is 7.92. The van der Waals surface area contributed by atoms with Crippen molar-refractivity contribution < 1.29 is 22.7 Å². The standard InChI is InChI=1S/C24H33F3N6O2/c1-14-2-6-23(28,7-3-14)12-17-13-33-22(29-17)31-20(15-4-8-35-9-5-15)18(32-33)10-16-11-19(24(25,26)27)30-21(16)34/h13-16,19H,2-12,28H2,1H3,(H,30,34)/t14?,16-,19-,23?/m0/s1. The van der Waals surface area contributed by atoms with Crippen molar-refractivity contribution in [3.05, 3.63) is 23.3 Å². The third kappa shape index (κ3) is 5.30. The molecule has 2 aromatic rings. The Bertz CT molecular complexity index is 1070. The number of carbonyl (C=O) groups is 1. The number of ether oxygens (including phenoxy) is 1. The molecule has 3 N–H and O–H groups in total. The van der Waals surface area contributed by atoms with E-state index < -0.39 is 24.0 Å². The van der Waals surface area contributed by atoms with E-state index in [0.717, 1.165) is 49.9 Å². The highest BCUT2D eigenvalue weighted by Gasteiger charge is 2.48. The number of nitrogens with two attached hydrogens (primary N) is 1. The van der Waals surface area contributed by atoms with Crippen LogP contribution in [-0.4, -0.2) is 56.5 Å². The smallest absolute Gasteiger partial charge is 0.381 e. The number of rotatable bonds is 5. The van der Waals surface area contributed by atoms with E-state index in [1.165, 1.54) is 0 Å². The maximum atomic E-state index is 13.2. The summed E-state index contributed by atoms with van der Waals surface area (Å²) in [5, 5.41) is 6.82. The average Bonchev–Trinajstić information content (AvgIpc) is 3.38. The van der Waals surface area contributed by atoms with Gasteiger partial charge in [0.05, 0.1) is 23.3 Å². The van der Waals surface area contributed by atoms with Crippen molar-refractivity contribution in [1.29, 1.82) is 0 Å². The van der Waals surface area contributed by atoms with Gasteiger partial charge in [0.25, 0.3) is 5.78 Å². The van der Waals surface area contributed by atoms with Crippen LogP contribution in [0.25, 0.3) is 5.78 Å². The first-order valence-electron chi connectivity index (χ1n) is 12.6. The van der Waals surface area contributed by atoms with Crippen LogP contribution in [0.15, 0.2) is 6.20 Å². The van der Waals surface area contributed by atoms with E-state index in [-0.39, 0.29) is 24.3 Å². The van der Waals surface area contributed by atoms with Crippen LogP contribution in [-0.2, 0) is 22.4 Å². The Morgan fingerprint density at radius 2 is 1.91 bits per heavy atom. The lowest BCUT2D eigenvalue weighted by atomic mass is 9.75. The van der Waals surface area contributed by atoms with E-state index in [2.05, 4.69) is 12.2 Å². The normalized spacial score (nSPS) is 30.7. The summed E-state index contributed by atoms with van der Waals surface area (Å²) in [6.45, 7) is 3.43. The van der Waals surface area contributed by atoms with Gasteiger partial charge in [-0.1, -0.05) is 6.92 Å². The summed E-state index contributed by atoms with van der Waals surface area (Å²) in [4.78, 5) is 21.9. The van der Waals surface area contributed by atoms with Gasteiger partial charge in [0.2, 0.25) is 5.91 Å². The fourth-order valence-corrected chi connectivity index (χ4v) is 5.68. The van der Waals surface area contributed by atoms with E-state index in [1.807, 2.05) is 6.20 Å². The predicted octanol–water partition coefficient (Wildman–Crippen LogP) is 3.08. The third-order valence-corrected chi connectivity index (χ3v) is 7.92. The lowest BCUT2D eigenvalue weighted by Gasteiger charge is -2.35. The second-order valence-corrected chi connectivity index (χ2v) is 10.8. The number of carbonyl (C=O) groups excluding carboxylic acids is 1. The number of nitrogens with one attached hydrogen (secondary N) is 1. The minimum Gasteiger partial charge on any atom is -0.381 e. The van der Waals surface area contributed by atoms with Crippen molar-refractivity contribution >= 4 is 11.7 Å². The Morgan fingerprint density at radius 3 is 2.57 bits per heavy atom. The van der Waals surface area contributed by atoms with Crippen molar-refractivity contribution in [3.63, 3.8) is 0 Å². The quantitative estimate of drug-likeness (QED) is 0.662. The van der Waals surface area contributed by atoms with Crippen LogP contribution in [0, 0.1) is 11.8 Å². The molecule has 3 aliphatic rings. The van der Waals surface area contributed by atoms with E-state index in [4.69, 9.17) is 25.5 Å². The lowest BCUT2D eigenvalue weighted by Crippen LogP contribution is -2.45. The van der Waals surface area contributed by atoms with Crippen LogP contribution in [0.5, 0.6) is 0 Å². The summed E-state index contributed by atoms with van der Waals surface area (Å²) in [5.41, 5.74) is 8.47. The molecule has 8 nitrogen and oxygen atoms in total. The van der Waals surface area contributed by atoms with Gasteiger partial charge in [0, 0.05) is 43.4 Å². The molecule has 11 heteroatoms. The Kier molecular flexibility index (Phi) is 6.50. The number of hydrogen-bond acceptors (Lipinski definition) is 6. The van der Waals surface area contributed by atoms with Gasteiger partial charge in [-0.05, 0) is 50.9 Å². The van der Waals surface area contributed by atoms with E-state index >= 15 is 0 Å². The number of fused-ring (bicyclic) bond motifs is 1. The Balaban J connectivity index is 1.43. The average molecular weight is 495 g/mol. The molecule has 2 atom stereocenters. The fraction of sp³-hybridized carbons (Fsp3) is 0.750. The summed E-state index contributed by atoms with van der Waals surface area (Å²) in [5.74, 6) is -0.172. The van der Waals surface area contributed by atoms with Crippen molar-refractivity contribution in [2.45, 2.75) is 88.4 Å². The highest BCUT2D eigenvalue weighted by molar-refractivity contribution is 5.81. The molecule has 0 spiro atoms. The molecule has 192 valence electrons. The number of nitrogens with zero attached hydrogens (tertiary/aromatic N) is 4. The molecule has 2 aliphatic heterocycles. The van der Waals surface area contributed by atoms with Crippen LogP contribution in [0.3, 0.4) is 0 Å². The molecule has 3 fully saturated rings. The number of aromatic nitrogens is 4. The van der Waals surface area contributed by atoms with E-state index in [9.17, 15) is 18.0 Å². The maximum absolute atomic E-state index is 13.2. The van der Waals surface area contributed by atoms with Crippen LogP contribution in [0.2, 0.25) is 0 Å². The summed E-state index contributed by atoms with van der Waals surface area (Å²) >= 11 is 0. The minimum atomic E-state index is -4.46. The van der Waals surface area contributed by atoms with Gasteiger partial charge in [-0.25, -0.2) is 14.5 Å². The SMILES string of the molecule is CC1CCC(N)(Cc2cn3nc(C[C@H]4C[C@@H](C(F)(F)F)NC4=O)c(C4CCOCC4)nc3n2)CC1. The first kappa shape index (κ1) is 24.4. The summed E-state index contributed by atoms with van der Waals surface area (Å²) in [7, 11) is 0. The first-order valence-corrected chi connectivity index (χ1v) is 12.6. The second-order valence-electron chi connectivity index (χ2n) is 10.8. The van der Waals surface area contributed by atoms with Crippen LogP contribution in [0.4, 0.5) is 13.2 Å². The number of alkyl halides is 3. The van der Waals surface area contributed by atoms with Crippen LogP contribution < -0.4 is 11.1 Å². The molecule has 2 aromatic heterocycles. The maximum Gasteiger partial charge on any atom is 0.408 e. The Hall–Kier alpha value is -2.27. The zero-order chi connectivity index (χ0) is 24.8. The lowest BCUT2D eigenvalue weighted by molar-refractivity contribution is -0.154. The first-order chi connectivity index (χ1) is 16.6. The molecule has 35 heavy (non-hydrogen) atoms. The van der Waals surface area contributed by atoms with Crippen molar-refractivity contribution in [3.8, 4) is 0 Å². The molecular formula is C24H33F3N6O2. The Morgan fingerprint density at radius 1 is 1.20 bits per heavy atom. The molecule has 0 aromatic carbocycles. The largest absolute Gasteiger partial charge is 0.408 e. The molecule has 4 heterocycles. The molecule has 1 aliphatic carbocycles. The van der Waals surface area contributed by atoms with Gasteiger partial charge in [-0.2, -0.15) is 18.3 Å². The Labute approximate surface area is 202 Å². The molecule has 0 bridgehead atoms. The zero-order valence-electron chi connectivity index (χ0n) is 20.0. The second kappa shape index (κ2) is 9.31.